The molecule has 1 fully saturated rings. The molecule has 7 nitrogen and oxygen atoms in total. The zero-order valence-electron chi connectivity index (χ0n) is 11.7. The maximum Gasteiger partial charge on any atom is 0.330 e. The van der Waals surface area contributed by atoms with E-state index in [9.17, 15) is 14.4 Å². The molecular weight excluding hydrogens is 272 g/mol. The molecule has 0 bridgehead atoms. The summed E-state index contributed by atoms with van der Waals surface area (Å²) in [7, 11) is 1.74. The number of fused-ring (bicyclic) bond motifs is 1. The predicted octanol–water partition coefficient (Wildman–Crippen LogP) is 1.15. The highest BCUT2D eigenvalue weighted by Gasteiger charge is 2.26. The van der Waals surface area contributed by atoms with Gasteiger partial charge in [0.25, 0.3) is 0 Å². The molecule has 0 saturated carbocycles. The van der Waals surface area contributed by atoms with Crippen LogP contribution >= 0.6 is 0 Å². The lowest BCUT2D eigenvalue weighted by molar-refractivity contribution is -0.118. The zero-order chi connectivity index (χ0) is 15.0. The van der Waals surface area contributed by atoms with Crippen LogP contribution in [0.2, 0.25) is 0 Å². The summed E-state index contributed by atoms with van der Waals surface area (Å²) in [5.74, 6) is 0.0908. The van der Waals surface area contributed by atoms with E-state index in [1.807, 2.05) is 12.1 Å². The van der Waals surface area contributed by atoms with Gasteiger partial charge in [0.15, 0.2) is 0 Å². The van der Waals surface area contributed by atoms with Crippen molar-refractivity contribution in [3.05, 3.63) is 23.8 Å². The summed E-state index contributed by atoms with van der Waals surface area (Å²) < 4.78 is 0. The third-order valence-electron chi connectivity index (χ3n) is 3.78. The Balaban J connectivity index is 1.77. The van der Waals surface area contributed by atoms with E-state index >= 15 is 0 Å². The van der Waals surface area contributed by atoms with Gasteiger partial charge in [0.1, 0.15) is 0 Å². The van der Waals surface area contributed by atoms with E-state index in [2.05, 4.69) is 10.6 Å². The number of carbonyl (C=O) groups excluding carboxylic acids is 3. The number of benzene rings is 1. The van der Waals surface area contributed by atoms with Crippen molar-refractivity contribution in [2.45, 2.75) is 12.8 Å². The second-order valence-corrected chi connectivity index (χ2v) is 5.11. The molecule has 0 radical (unpaired) electrons. The number of amides is 5. The van der Waals surface area contributed by atoms with Gasteiger partial charge in [0.05, 0.1) is 0 Å². The van der Waals surface area contributed by atoms with Gasteiger partial charge in [0.2, 0.25) is 5.91 Å². The van der Waals surface area contributed by atoms with E-state index in [0.29, 0.717) is 31.6 Å². The Hall–Kier alpha value is -2.57. The van der Waals surface area contributed by atoms with E-state index < -0.39 is 6.03 Å². The normalized spacial score (nSPS) is 17.6. The summed E-state index contributed by atoms with van der Waals surface area (Å²) in [5.41, 5.74) is 2.50. The van der Waals surface area contributed by atoms with E-state index in [1.165, 1.54) is 0 Å². The molecule has 0 atom stereocenters. The fourth-order valence-corrected chi connectivity index (χ4v) is 2.59. The van der Waals surface area contributed by atoms with Crippen molar-refractivity contribution in [2.75, 3.05) is 30.4 Å². The second-order valence-electron chi connectivity index (χ2n) is 5.11. The third kappa shape index (κ3) is 2.42. The number of hydrogen-bond acceptors (Lipinski definition) is 3. The van der Waals surface area contributed by atoms with Gasteiger partial charge >= 0.3 is 12.1 Å². The highest BCUT2D eigenvalue weighted by molar-refractivity contribution is 6.02. The molecule has 0 aromatic heterocycles. The number of carbonyl (C=O) groups is 3. The fourth-order valence-electron chi connectivity index (χ4n) is 2.59. The predicted molar refractivity (Wildman–Crippen MR) is 77.3 cm³/mol. The number of anilines is 2. The Labute approximate surface area is 121 Å². The Bertz CT molecular complexity index is 629. The molecule has 2 N–H and O–H groups in total. The highest BCUT2D eigenvalue weighted by Crippen LogP contribution is 2.29. The van der Waals surface area contributed by atoms with Gasteiger partial charge < -0.3 is 15.5 Å². The van der Waals surface area contributed by atoms with Crippen molar-refractivity contribution in [1.82, 2.24) is 10.2 Å². The van der Waals surface area contributed by atoms with Crippen molar-refractivity contribution < 1.29 is 14.4 Å². The molecule has 0 unspecified atom stereocenters. The van der Waals surface area contributed by atoms with E-state index in [1.54, 1.807) is 18.0 Å². The average Bonchev–Trinajstić information content (AvgIpc) is 2.89. The maximum absolute atomic E-state index is 12.0. The number of rotatable bonds is 1. The molecule has 1 aromatic carbocycles. The Kier molecular flexibility index (Phi) is 3.25. The number of nitrogens with one attached hydrogen (secondary N) is 2. The summed E-state index contributed by atoms with van der Waals surface area (Å²) in [4.78, 5) is 37.8. The zero-order valence-corrected chi connectivity index (χ0v) is 11.7. The van der Waals surface area contributed by atoms with Gasteiger partial charge in [-0.2, -0.15) is 0 Å². The molecule has 21 heavy (non-hydrogen) atoms. The van der Waals surface area contributed by atoms with Crippen LogP contribution in [0.3, 0.4) is 0 Å². The van der Waals surface area contributed by atoms with Crippen LogP contribution in [0, 0.1) is 0 Å². The van der Waals surface area contributed by atoms with Crippen LogP contribution in [-0.2, 0) is 11.2 Å². The summed E-state index contributed by atoms with van der Waals surface area (Å²) >= 11 is 0. The lowest BCUT2D eigenvalue weighted by Gasteiger charge is -2.26. The van der Waals surface area contributed by atoms with Crippen LogP contribution in [0.5, 0.6) is 0 Å². The molecule has 2 aliphatic rings. The number of hydrogen-bond donors (Lipinski definition) is 2. The molecule has 2 heterocycles. The SMILES string of the molecule is CN1C(=O)CCc2cc(NC(=O)N3CCNC3=O)ccc21. The van der Waals surface area contributed by atoms with Crippen LogP contribution in [0.15, 0.2) is 18.2 Å². The first-order valence-corrected chi connectivity index (χ1v) is 6.82. The van der Waals surface area contributed by atoms with Crippen molar-refractivity contribution >= 4 is 29.3 Å². The minimum Gasteiger partial charge on any atom is -0.336 e. The van der Waals surface area contributed by atoms with Gasteiger partial charge in [-0.25, -0.2) is 14.5 Å². The number of urea groups is 2. The van der Waals surface area contributed by atoms with Crippen molar-refractivity contribution in [2.24, 2.45) is 0 Å². The smallest absolute Gasteiger partial charge is 0.330 e. The van der Waals surface area contributed by atoms with Crippen molar-refractivity contribution in [3.8, 4) is 0 Å². The van der Waals surface area contributed by atoms with Crippen LogP contribution < -0.4 is 15.5 Å². The molecular formula is C14H16N4O3. The molecule has 0 spiro atoms. The largest absolute Gasteiger partial charge is 0.336 e. The van der Waals surface area contributed by atoms with Crippen molar-refractivity contribution in [3.63, 3.8) is 0 Å². The first kappa shape index (κ1) is 13.4. The minimum absolute atomic E-state index is 0.0908. The van der Waals surface area contributed by atoms with Gasteiger partial charge in [0, 0.05) is 37.9 Å². The van der Waals surface area contributed by atoms with E-state index in [4.69, 9.17) is 0 Å². The monoisotopic (exact) mass is 288 g/mol. The van der Waals surface area contributed by atoms with Gasteiger partial charge in [-0.15, -0.1) is 0 Å². The molecule has 0 aliphatic carbocycles. The molecule has 110 valence electrons. The lowest BCUT2D eigenvalue weighted by Crippen LogP contribution is -2.37. The molecule has 5 amide bonds. The topological polar surface area (TPSA) is 81.8 Å². The number of nitrogens with zero attached hydrogens (tertiary/aromatic N) is 2. The third-order valence-corrected chi connectivity index (χ3v) is 3.78. The summed E-state index contributed by atoms with van der Waals surface area (Å²) in [6, 6.07) is 4.58. The quantitative estimate of drug-likeness (QED) is 0.813. The van der Waals surface area contributed by atoms with Crippen LogP contribution in [-0.4, -0.2) is 43.0 Å². The highest BCUT2D eigenvalue weighted by atomic mass is 16.2. The van der Waals surface area contributed by atoms with Crippen LogP contribution in [0.4, 0.5) is 21.0 Å². The Morgan fingerprint density at radius 1 is 1.29 bits per heavy atom. The average molecular weight is 288 g/mol. The van der Waals surface area contributed by atoms with E-state index in [0.717, 1.165) is 16.2 Å². The van der Waals surface area contributed by atoms with Gasteiger partial charge in [-0.3, -0.25) is 4.79 Å². The summed E-state index contributed by atoms with van der Waals surface area (Å²) in [5, 5.41) is 5.29. The lowest BCUT2D eigenvalue weighted by atomic mass is 10.0. The molecule has 1 aromatic rings. The van der Waals surface area contributed by atoms with Gasteiger partial charge in [-0.1, -0.05) is 0 Å². The molecule has 2 aliphatic heterocycles. The molecule has 7 heteroatoms. The standard InChI is InChI=1S/C14H16N4O3/c1-17-11-4-3-10(8-9(11)2-5-12(17)19)16-14(21)18-7-6-15-13(18)20/h3-4,8H,2,5-7H2,1H3,(H,15,20)(H,16,21). The second kappa shape index (κ2) is 5.08. The summed E-state index contributed by atoms with van der Waals surface area (Å²) in [6.45, 7) is 0.843. The van der Waals surface area contributed by atoms with Crippen LogP contribution in [0.25, 0.3) is 0 Å². The molecule has 3 rings (SSSR count). The van der Waals surface area contributed by atoms with Gasteiger partial charge in [-0.05, 0) is 30.2 Å². The summed E-state index contributed by atoms with van der Waals surface area (Å²) in [6.07, 6.45) is 1.13. The number of aryl methyl sites for hydroxylation is 1. The fraction of sp³-hybridized carbons (Fsp3) is 0.357. The minimum atomic E-state index is -0.440. The first-order chi connectivity index (χ1) is 10.1. The van der Waals surface area contributed by atoms with E-state index in [-0.39, 0.29) is 11.9 Å². The molecule has 1 saturated heterocycles. The number of imide groups is 1. The Morgan fingerprint density at radius 3 is 2.81 bits per heavy atom. The first-order valence-electron chi connectivity index (χ1n) is 6.82. The Morgan fingerprint density at radius 2 is 2.10 bits per heavy atom. The van der Waals surface area contributed by atoms with Crippen LogP contribution in [0.1, 0.15) is 12.0 Å². The maximum atomic E-state index is 12.0. The van der Waals surface area contributed by atoms with Crippen molar-refractivity contribution in [1.29, 1.82) is 0 Å².